The maximum Gasteiger partial charge on any atom is 0.193 e. The van der Waals surface area contributed by atoms with E-state index in [0.29, 0.717) is 5.22 Å². The fourth-order valence-corrected chi connectivity index (χ4v) is 0.795. The van der Waals surface area contributed by atoms with Crippen LogP contribution in [0.15, 0.2) is 16.5 Å². The normalized spacial score (nSPS) is 12.5. The molecule has 0 fully saturated rings. The van der Waals surface area contributed by atoms with E-state index in [0.717, 1.165) is 5.76 Å². The van der Waals surface area contributed by atoms with Crippen molar-refractivity contribution in [2.45, 2.75) is 12.8 Å². The van der Waals surface area contributed by atoms with E-state index in [1.165, 1.54) is 0 Å². The summed E-state index contributed by atoms with van der Waals surface area (Å²) in [7, 11) is 0. The summed E-state index contributed by atoms with van der Waals surface area (Å²) in [5.41, 5.74) is 0. The Kier molecular flexibility index (Phi) is 2.03. The summed E-state index contributed by atoms with van der Waals surface area (Å²) in [6, 6.07) is 3.47. The lowest BCUT2D eigenvalue weighted by Crippen LogP contribution is -1.83. The van der Waals surface area contributed by atoms with Gasteiger partial charge in [0.25, 0.3) is 0 Å². The number of rotatable bonds is 1. The van der Waals surface area contributed by atoms with Crippen molar-refractivity contribution in [2.75, 3.05) is 0 Å². The molecule has 1 aromatic rings. The van der Waals surface area contributed by atoms with E-state index in [1.54, 1.807) is 12.1 Å². The Morgan fingerprint density at radius 1 is 1.70 bits per heavy atom. The first-order valence-corrected chi connectivity index (χ1v) is 3.33. The highest BCUT2D eigenvalue weighted by molar-refractivity contribution is 6.28. The number of terminal acetylenes is 1. The zero-order valence-corrected chi connectivity index (χ0v) is 6.35. The molecule has 0 saturated heterocycles. The van der Waals surface area contributed by atoms with Crippen molar-refractivity contribution in [2.24, 2.45) is 0 Å². The van der Waals surface area contributed by atoms with Gasteiger partial charge in [0.05, 0.1) is 5.92 Å². The van der Waals surface area contributed by atoms with Gasteiger partial charge in [-0.05, 0) is 30.7 Å². The lowest BCUT2D eigenvalue weighted by molar-refractivity contribution is 0.505. The Morgan fingerprint density at radius 3 is 2.80 bits per heavy atom. The molecule has 2 heteroatoms. The SMILES string of the molecule is C#CC(C)c1ccc(Cl)o1. The van der Waals surface area contributed by atoms with Gasteiger partial charge < -0.3 is 4.42 Å². The first-order chi connectivity index (χ1) is 4.74. The van der Waals surface area contributed by atoms with Crippen LogP contribution in [-0.4, -0.2) is 0 Å². The first kappa shape index (κ1) is 7.24. The summed E-state index contributed by atoms with van der Waals surface area (Å²) in [6.07, 6.45) is 5.16. The zero-order chi connectivity index (χ0) is 7.56. The summed E-state index contributed by atoms with van der Waals surface area (Å²) in [5.74, 6) is 3.29. The highest BCUT2D eigenvalue weighted by Crippen LogP contribution is 2.20. The lowest BCUT2D eigenvalue weighted by atomic mass is 10.1. The Labute approximate surface area is 65.0 Å². The second kappa shape index (κ2) is 2.81. The number of hydrogen-bond acceptors (Lipinski definition) is 1. The highest BCUT2D eigenvalue weighted by Gasteiger charge is 2.05. The van der Waals surface area contributed by atoms with Crippen LogP contribution >= 0.6 is 11.6 Å². The Hall–Kier alpha value is -0.870. The lowest BCUT2D eigenvalue weighted by Gasteiger charge is -1.95. The van der Waals surface area contributed by atoms with Crippen LogP contribution in [0, 0.1) is 12.3 Å². The van der Waals surface area contributed by atoms with Crippen molar-refractivity contribution in [1.82, 2.24) is 0 Å². The molecule has 0 amide bonds. The van der Waals surface area contributed by atoms with E-state index in [-0.39, 0.29) is 5.92 Å². The molecule has 0 aromatic carbocycles. The molecule has 10 heavy (non-hydrogen) atoms. The van der Waals surface area contributed by atoms with Gasteiger partial charge in [-0.15, -0.1) is 6.42 Å². The van der Waals surface area contributed by atoms with Crippen LogP contribution in [-0.2, 0) is 0 Å². The van der Waals surface area contributed by atoms with Gasteiger partial charge in [-0.3, -0.25) is 0 Å². The van der Waals surface area contributed by atoms with Crippen molar-refractivity contribution in [3.8, 4) is 12.3 Å². The van der Waals surface area contributed by atoms with Crippen LogP contribution in [0.3, 0.4) is 0 Å². The van der Waals surface area contributed by atoms with Gasteiger partial charge >= 0.3 is 0 Å². The molecular formula is C8H7ClO. The fraction of sp³-hybridized carbons (Fsp3) is 0.250. The molecule has 0 aliphatic rings. The Balaban J connectivity index is 2.87. The van der Waals surface area contributed by atoms with Crippen molar-refractivity contribution in [3.63, 3.8) is 0 Å². The first-order valence-electron chi connectivity index (χ1n) is 2.95. The molecule has 1 nitrogen and oxygen atoms in total. The quantitative estimate of drug-likeness (QED) is 0.567. The number of hydrogen-bond donors (Lipinski definition) is 0. The molecular weight excluding hydrogens is 148 g/mol. The third-order valence-corrected chi connectivity index (χ3v) is 1.47. The zero-order valence-electron chi connectivity index (χ0n) is 5.60. The molecule has 1 aromatic heterocycles. The van der Waals surface area contributed by atoms with Crippen molar-refractivity contribution in [1.29, 1.82) is 0 Å². The van der Waals surface area contributed by atoms with E-state index < -0.39 is 0 Å². The Bertz CT molecular complexity index is 256. The molecule has 0 aliphatic heterocycles. The minimum atomic E-state index is 0.00694. The fourth-order valence-electron chi connectivity index (χ4n) is 0.643. The monoisotopic (exact) mass is 154 g/mol. The average molecular weight is 155 g/mol. The molecule has 1 atom stereocenters. The second-order valence-corrected chi connectivity index (χ2v) is 2.40. The largest absolute Gasteiger partial charge is 0.448 e. The van der Waals surface area contributed by atoms with Gasteiger partial charge in [-0.25, -0.2) is 0 Å². The molecule has 1 rings (SSSR count). The predicted octanol–water partition coefficient (Wildman–Crippen LogP) is 2.67. The van der Waals surface area contributed by atoms with Crippen molar-refractivity contribution < 1.29 is 4.42 Å². The third kappa shape index (κ3) is 1.34. The molecule has 0 radical (unpaired) electrons. The highest BCUT2D eigenvalue weighted by atomic mass is 35.5. The minimum absolute atomic E-state index is 0.00694. The van der Waals surface area contributed by atoms with E-state index in [1.807, 2.05) is 6.92 Å². The molecule has 52 valence electrons. The smallest absolute Gasteiger partial charge is 0.193 e. The molecule has 0 saturated carbocycles. The summed E-state index contributed by atoms with van der Waals surface area (Å²) in [4.78, 5) is 0. The van der Waals surface area contributed by atoms with Crippen LogP contribution in [0.4, 0.5) is 0 Å². The van der Waals surface area contributed by atoms with Gasteiger partial charge in [-0.2, -0.15) is 0 Å². The number of halogens is 1. The van der Waals surface area contributed by atoms with Crippen LogP contribution < -0.4 is 0 Å². The van der Waals surface area contributed by atoms with Gasteiger partial charge in [0.15, 0.2) is 5.22 Å². The van der Waals surface area contributed by atoms with Crippen molar-refractivity contribution >= 4 is 11.6 Å². The number of furan rings is 1. The predicted molar refractivity (Wildman–Crippen MR) is 41.0 cm³/mol. The van der Waals surface area contributed by atoms with Crippen LogP contribution in [0.25, 0.3) is 0 Å². The maximum atomic E-state index is 5.53. The Morgan fingerprint density at radius 2 is 2.40 bits per heavy atom. The molecule has 1 heterocycles. The summed E-state index contributed by atoms with van der Waals surface area (Å²) >= 11 is 5.53. The summed E-state index contributed by atoms with van der Waals surface area (Å²) < 4.78 is 5.06. The van der Waals surface area contributed by atoms with Gasteiger partial charge in [0.2, 0.25) is 0 Å². The second-order valence-electron chi connectivity index (χ2n) is 2.03. The van der Waals surface area contributed by atoms with Crippen LogP contribution in [0.1, 0.15) is 18.6 Å². The third-order valence-electron chi connectivity index (χ3n) is 1.27. The molecule has 0 N–H and O–H groups in total. The van der Waals surface area contributed by atoms with Gasteiger partial charge in [-0.1, -0.05) is 5.92 Å². The van der Waals surface area contributed by atoms with E-state index in [4.69, 9.17) is 22.4 Å². The molecule has 0 spiro atoms. The van der Waals surface area contributed by atoms with Gasteiger partial charge in [0, 0.05) is 0 Å². The molecule has 0 aliphatic carbocycles. The topological polar surface area (TPSA) is 13.1 Å². The van der Waals surface area contributed by atoms with E-state index >= 15 is 0 Å². The summed E-state index contributed by atoms with van der Waals surface area (Å²) in [5, 5.41) is 0.386. The molecule has 1 unspecified atom stereocenters. The van der Waals surface area contributed by atoms with Crippen LogP contribution in [0.5, 0.6) is 0 Å². The average Bonchev–Trinajstić information content (AvgIpc) is 2.34. The maximum absolute atomic E-state index is 5.53. The summed E-state index contributed by atoms with van der Waals surface area (Å²) in [6.45, 7) is 1.88. The van der Waals surface area contributed by atoms with Crippen molar-refractivity contribution in [3.05, 3.63) is 23.1 Å². The van der Waals surface area contributed by atoms with E-state index in [2.05, 4.69) is 5.92 Å². The standard InChI is InChI=1S/C8H7ClO/c1-3-6(2)7-4-5-8(9)10-7/h1,4-6H,2H3. The minimum Gasteiger partial charge on any atom is -0.448 e. The van der Waals surface area contributed by atoms with Crippen LogP contribution in [0.2, 0.25) is 5.22 Å². The van der Waals surface area contributed by atoms with E-state index in [9.17, 15) is 0 Å². The van der Waals surface area contributed by atoms with Gasteiger partial charge in [0.1, 0.15) is 5.76 Å². The molecule has 0 bridgehead atoms.